The van der Waals surface area contributed by atoms with Crippen LogP contribution in [0.5, 0.6) is 0 Å². The largest absolute Gasteiger partial charge is 0.384 e. The van der Waals surface area contributed by atoms with Crippen LogP contribution >= 0.6 is 0 Å². The molecule has 0 spiro atoms. The first kappa shape index (κ1) is 22.7. The topological polar surface area (TPSA) is 135 Å². The van der Waals surface area contributed by atoms with Gasteiger partial charge in [0, 0.05) is 23.7 Å². The Kier molecular flexibility index (Phi) is 6.69. The van der Waals surface area contributed by atoms with Gasteiger partial charge in [0.1, 0.15) is 11.5 Å². The Hall–Kier alpha value is -3.99. The number of aromatic nitrogens is 3. The predicted octanol–water partition coefficient (Wildman–Crippen LogP) is 2.68. The monoisotopic (exact) mass is 431 g/mol. The van der Waals surface area contributed by atoms with Crippen molar-refractivity contribution >= 4 is 11.6 Å². The predicted molar refractivity (Wildman–Crippen MR) is 122 cm³/mol. The highest BCUT2D eigenvalue weighted by atomic mass is 16.2. The van der Waals surface area contributed by atoms with Crippen molar-refractivity contribution < 1.29 is 4.79 Å². The number of nitrogens with zero attached hydrogens (tertiary/aromatic N) is 3. The van der Waals surface area contributed by atoms with Gasteiger partial charge in [-0.15, -0.1) is 0 Å². The first-order valence-corrected chi connectivity index (χ1v) is 10.3. The molecule has 1 aromatic carbocycles. The molecule has 0 fully saturated rings. The molecule has 0 aliphatic rings. The highest BCUT2D eigenvalue weighted by Gasteiger charge is 2.25. The first-order valence-electron chi connectivity index (χ1n) is 10.3. The number of carbonyl (C=O) groups excluding carboxylic acids is 1. The molecular formula is C24H25N5O3. The van der Waals surface area contributed by atoms with Crippen LogP contribution in [0.1, 0.15) is 64.5 Å². The third kappa shape index (κ3) is 4.83. The molecule has 0 amide bonds. The van der Waals surface area contributed by atoms with E-state index in [1.165, 1.54) is 10.8 Å². The van der Waals surface area contributed by atoms with Crippen LogP contribution in [0.15, 0.2) is 46.1 Å². The van der Waals surface area contributed by atoms with E-state index < -0.39 is 17.0 Å². The second-order valence-corrected chi connectivity index (χ2v) is 8.05. The number of pyridine rings is 1. The highest BCUT2D eigenvalue weighted by molar-refractivity contribution is 6.09. The second kappa shape index (κ2) is 9.43. The van der Waals surface area contributed by atoms with E-state index in [0.29, 0.717) is 24.0 Å². The molecule has 0 aliphatic heterocycles. The number of hydrogen-bond donors (Lipinski definition) is 2. The Bertz CT molecular complexity index is 1330. The summed E-state index contributed by atoms with van der Waals surface area (Å²) in [4.78, 5) is 45.5. The molecule has 0 unspecified atom stereocenters. The molecule has 3 rings (SSSR count). The van der Waals surface area contributed by atoms with Gasteiger partial charge in [-0.2, -0.15) is 5.26 Å². The lowest BCUT2D eigenvalue weighted by molar-refractivity contribution is 0.102. The van der Waals surface area contributed by atoms with E-state index in [-0.39, 0.29) is 29.5 Å². The fourth-order valence-corrected chi connectivity index (χ4v) is 3.77. The molecule has 0 saturated heterocycles. The summed E-state index contributed by atoms with van der Waals surface area (Å²) in [6, 6.07) is 10.8. The Labute approximate surface area is 185 Å². The lowest BCUT2D eigenvalue weighted by atomic mass is 9.94. The van der Waals surface area contributed by atoms with Gasteiger partial charge in [0.15, 0.2) is 0 Å². The average molecular weight is 431 g/mol. The third-order valence-electron chi connectivity index (χ3n) is 5.14. The van der Waals surface area contributed by atoms with Gasteiger partial charge < -0.3 is 5.73 Å². The second-order valence-electron chi connectivity index (χ2n) is 8.05. The number of nitrogens with two attached hydrogens (primary N) is 1. The standard InChI is InChI=1S/C24H25N5O3/c1-14(2)20-21(22(30)18-10-15(3)9-16(11-18)5-4-7-25)29(24(32)28-23(20)31)13-17-6-8-27-19(26)12-17/h6,8-12,14H,4-5,13H2,1-3H3,(H2,26,27)(H,28,31,32). The van der Waals surface area contributed by atoms with E-state index in [1.54, 1.807) is 38.1 Å². The van der Waals surface area contributed by atoms with E-state index in [2.05, 4.69) is 16.0 Å². The van der Waals surface area contributed by atoms with Gasteiger partial charge >= 0.3 is 5.69 Å². The van der Waals surface area contributed by atoms with Crippen LogP contribution in [-0.4, -0.2) is 20.3 Å². The van der Waals surface area contributed by atoms with Crippen molar-refractivity contribution in [1.29, 1.82) is 5.26 Å². The maximum absolute atomic E-state index is 13.7. The number of hydrogen-bond acceptors (Lipinski definition) is 6. The van der Waals surface area contributed by atoms with Gasteiger partial charge in [-0.25, -0.2) is 9.78 Å². The quantitative estimate of drug-likeness (QED) is 0.552. The number of nitrogen functional groups attached to an aromatic ring is 1. The Morgan fingerprint density at radius 2 is 1.97 bits per heavy atom. The van der Waals surface area contributed by atoms with Gasteiger partial charge in [-0.1, -0.05) is 25.5 Å². The Balaban J connectivity index is 2.23. The molecule has 3 aromatic rings. The van der Waals surface area contributed by atoms with Crippen molar-refractivity contribution in [3.8, 4) is 6.07 Å². The molecule has 3 N–H and O–H groups in total. The molecule has 2 aromatic heterocycles. The van der Waals surface area contributed by atoms with Crippen LogP contribution in [0.4, 0.5) is 5.82 Å². The number of anilines is 1. The molecule has 32 heavy (non-hydrogen) atoms. The summed E-state index contributed by atoms with van der Waals surface area (Å²) in [5, 5.41) is 8.90. The zero-order valence-electron chi connectivity index (χ0n) is 18.3. The van der Waals surface area contributed by atoms with E-state index in [9.17, 15) is 14.4 Å². The minimum Gasteiger partial charge on any atom is -0.384 e. The molecule has 164 valence electrons. The average Bonchev–Trinajstić information content (AvgIpc) is 2.72. The molecule has 2 heterocycles. The van der Waals surface area contributed by atoms with Crippen LogP contribution in [0.2, 0.25) is 0 Å². The zero-order chi connectivity index (χ0) is 23.4. The molecule has 0 aliphatic carbocycles. The lowest BCUT2D eigenvalue weighted by Crippen LogP contribution is -2.38. The Morgan fingerprint density at radius 3 is 2.62 bits per heavy atom. The van der Waals surface area contributed by atoms with Crippen molar-refractivity contribution in [2.75, 3.05) is 5.73 Å². The number of aromatic amines is 1. The number of H-pyrrole nitrogens is 1. The van der Waals surface area contributed by atoms with E-state index in [0.717, 1.165) is 11.1 Å². The number of ketones is 1. The highest BCUT2D eigenvalue weighted by Crippen LogP contribution is 2.21. The van der Waals surface area contributed by atoms with Crippen molar-refractivity contribution in [3.63, 3.8) is 0 Å². The van der Waals surface area contributed by atoms with Crippen molar-refractivity contribution in [2.45, 2.75) is 46.1 Å². The van der Waals surface area contributed by atoms with E-state index in [1.807, 2.05) is 13.0 Å². The number of nitrogens with one attached hydrogen (secondary N) is 1. The van der Waals surface area contributed by atoms with Crippen molar-refractivity contribution in [2.24, 2.45) is 0 Å². The number of rotatable bonds is 7. The summed E-state index contributed by atoms with van der Waals surface area (Å²) in [5.41, 5.74) is 7.58. The van der Waals surface area contributed by atoms with Gasteiger partial charge in [0.05, 0.1) is 12.6 Å². The minimum atomic E-state index is -0.671. The smallest absolute Gasteiger partial charge is 0.329 e. The molecule has 0 atom stereocenters. The van der Waals surface area contributed by atoms with Gasteiger partial charge in [-0.3, -0.25) is 19.1 Å². The maximum atomic E-state index is 13.7. The van der Waals surface area contributed by atoms with Crippen molar-refractivity contribution in [1.82, 2.24) is 14.5 Å². The summed E-state index contributed by atoms with van der Waals surface area (Å²) >= 11 is 0. The minimum absolute atomic E-state index is 0.0518. The van der Waals surface area contributed by atoms with E-state index in [4.69, 9.17) is 11.0 Å². The van der Waals surface area contributed by atoms with Crippen LogP contribution in [0.25, 0.3) is 0 Å². The van der Waals surface area contributed by atoms with E-state index >= 15 is 0 Å². The summed E-state index contributed by atoms with van der Waals surface area (Å²) in [6.45, 7) is 5.52. The van der Waals surface area contributed by atoms with Crippen LogP contribution < -0.4 is 17.0 Å². The molecule has 8 nitrogen and oxygen atoms in total. The molecule has 0 radical (unpaired) electrons. The van der Waals surface area contributed by atoms with Crippen molar-refractivity contribution in [3.05, 3.63) is 90.9 Å². The molecule has 8 heteroatoms. The number of benzene rings is 1. The fraction of sp³-hybridized carbons (Fsp3) is 0.292. The Morgan fingerprint density at radius 1 is 1.22 bits per heavy atom. The molecule has 0 bridgehead atoms. The molecule has 0 saturated carbocycles. The normalized spacial score (nSPS) is 10.8. The fourth-order valence-electron chi connectivity index (χ4n) is 3.77. The maximum Gasteiger partial charge on any atom is 0.329 e. The summed E-state index contributed by atoms with van der Waals surface area (Å²) in [5.74, 6) is -0.423. The SMILES string of the molecule is Cc1cc(CCC#N)cc(C(=O)c2c(C(C)C)c(=O)[nH]c(=O)n2Cc2ccnc(N)c2)c1. The lowest BCUT2D eigenvalue weighted by Gasteiger charge is -2.18. The molecular weight excluding hydrogens is 406 g/mol. The van der Waals surface area contributed by atoms with Crippen LogP contribution in [0, 0.1) is 18.3 Å². The number of carbonyl (C=O) groups is 1. The number of aryl methyl sites for hydroxylation is 2. The van der Waals surface area contributed by atoms with Gasteiger partial charge in [0.25, 0.3) is 5.56 Å². The summed E-state index contributed by atoms with van der Waals surface area (Å²) in [7, 11) is 0. The van der Waals surface area contributed by atoms with Gasteiger partial charge in [0.2, 0.25) is 5.78 Å². The van der Waals surface area contributed by atoms with Crippen LogP contribution in [0.3, 0.4) is 0 Å². The summed E-state index contributed by atoms with van der Waals surface area (Å²) < 4.78 is 1.28. The summed E-state index contributed by atoms with van der Waals surface area (Å²) in [6.07, 6.45) is 2.36. The first-order chi connectivity index (χ1) is 15.2. The van der Waals surface area contributed by atoms with Crippen LogP contribution in [-0.2, 0) is 13.0 Å². The number of nitriles is 1. The zero-order valence-corrected chi connectivity index (χ0v) is 18.3. The van der Waals surface area contributed by atoms with Gasteiger partial charge in [-0.05, 0) is 54.7 Å². The third-order valence-corrected chi connectivity index (χ3v) is 5.14.